The third-order valence-corrected chi connectivity index (χ3v) is 6.61. The Hall–Kier alpha value is -4.28. The summed E-state index contributed by atoms with van der Waals surface area (Å²) in [6.45, 7) is 0.0349. The Morgan fingerprint density at radius 3 is 2.71 bits per heavy atom. The molecule has 6 rings (SSSR count). The number of hydrogen-bond donors (Lipinski definition) is 0. The molecule has 0 unspecified atom stereocenters. The van der Waals surface area contributed by atoms with E-state index in [1.165, 1.54) is 21.0 Å². The van der Waals surface area contributed by atoms with Crippen LogP contribution in [0.5, 0.6) is 11.5 Å². The normalized spacial score (nSPS) is 20.5. The molecule has 3 aromatic rings. The van der Waals surface area contributed by atoms with E-state index in [2.05, 4.69) is 20.5 Å². The van der Waals surface area contributed by atoms with E-state index in [9.17, 15) is 9.59 Å². The number of carbonyl (C=O) groups excluding carboxylic acids is 2. The van der Waals surface area contributed by atoms with Gasteiger partial charge in [-0.05, 0) is 54.7 Å². The summed E-state index contributed by atoms with van der Waals surface area (Å²) in [6, 6.07) is 9.29. The number of benzene rings is 2. The molecular weight excluding hydrogens is 452 g/mol. The van der Waals surface area contributed by atoms with Crippen molar-refractivity contribution in [3.05, 3.63) is 53.4 Å². The van der Waals surface area contributed by atoms with Gasteiger partial charge in [0, 0.05) is 6.07 Å². The SMILES string of the molecule is COc1ccc(-c2noc(CN3N=N[C@H]4C(=O)N(c5ccc6c(c5)CCC6)C(=O)[C@H]43)n2)c(OC)c1. The summed E-state index contributed by atoms with van der Waals surface area (Å²) < 4.78 is 16.0. The molecule has 11 heteroatoms. The molecule has 0 spiro atoms. The monoisotopic (exact) mass is 474 g/mol. The number of aryl methyl sites for hydroxylation is 2. The minimum Gasteiger partial charge on any atom is -0.497 e. The zero-order valence-electron chi connectivity index (χ0n) is 19.2. The first-order valence-electron chi connectivity index (χ1n) is 11.3. The first-order chi connectivity index (χ1) is 17.1. The van der Waals surface area contributed by atoms with Crippen molar-refractivity contribution in [3.8, 4) is 22.9 Å². The van der Waals surface area contributed by atoms with Gasteiger partial charge in [-0.15, -0.1) is 0 Å². The van der Waals surface area contributed by atoms with Crippen LogP contribution in [0.4, 0.5) is 5.69 Å². The van der Waals surface area contributed by atoms with E-state index < -0.39 is 12.1 Å². The standard InChI is InChI=1S/C24H22N6O5/c1-33-16-8-9-17(18(11-16)34-2)22-25-19(35-27-22)12-29-21-20(26-28-29)23(31)30(24(21)32)15-7-6-13-4-3-5-14(13)10-15/h6-11,20-21H,3-5,12H2,1-2H3/t20-,21+/m1/s1. The summed E-state index contributed by atoms with van der Waals surface area (Å²) in [5, 5.41) is 13.6. The second kappa shape index (κ2) is 8.19. The molecule has 0 bridgehead atoms. The molecule has 0 radical (unpaired) electrons. The summed E-state index contributed by atoms with van der Waals surface area (Å²) in [5.41, 5.74) is 3.66. The highest BCUT2D eigenvalue weighted by Crippen LogP contribution is 2.36. The fourth-order valence-electron chi connectivity index (χ4n) is 4.86. The molecule has 2 aliphatic heterocycles. The average Bonchev–Trinajstić information content (AvgIpc) is 3.66. The lowest BCUT2D eigenvalue weighted by Gasteiger charge is -2.19. The molecule has 35 heavy (non-hydrogen) atoms. The minimum absolute atomic E-state index is 0.0349. The molecule has 178 valence electrons. The molecule has 0 saturated carbocycles. The quantitative estimate of drug-likeness (QED) is 0.500. The summed E-state index contributed by atoms with van der Waals surface area (Å²) in [7, 11) is 3.11. The number of hydrogen-bond acceptors (Lipinski definition) is 10. The summed E-state index contributed by atoms with van der Waals surface area (Å²) in [4.78, 5) is 32.0. The average molecular weight is 474 g/mol. The Balaban J connectivity index is 1.22. The predicted octanol–water partition coefficient (Wildman–Crippen LogP) is 2.74. The van der Waals surface area contributed by atoms with Crippen molar-refractivity contribution in [2.75, 3.05) is 19.1 Å². The van der Waals surface area contributed by atoms with Crippen molar-refractivity contribution in [2.24, 2.45) is 10.3 Å². The molecule has 3 aliphatic rings. The predicted molar refractivity (Wildman–Crippen MR) is 122 cm³/mol. The van der Waals surface area contributed by atoms with E-state index in [1.54, 1.807) is 32.4 Å². The maximum Gasteiger partial charge on any atom is 0.263 e. The number of anilines is 1. The van der Waals surface area contributed by atoms with Gasteiger partial charge < -0.3 is 14.0 Å². The highest BCUT2D eigenvalue weighted by Gasteiger charge is 2.55. The summed E-state index contributed by atoms with van der Waals surface area (Å²) in [5.74, 6) is 0.974. The zero-order valence-corrected chi connectivity index (χ0v) is 19.2. The number of amides is 2. The lowest BCUT2D eigenvalue weighted by molar-refractivity contribution is -0.123. The molecule has 1 aliphatic carbocycles. The van der Waals surface area contributed by atoms with Crippen LogP contribution in [-0.4, -0.2) is 53.3 Å². The van der Waals surface area contributed by atoms with Gasteiger partial charge in [0.15, 0.2) is 12.1 Å². The molecule has 2 atom stereocenters. The van der Waals surface area contributed by atoms with Gasteiger partial charge >= 0.3 is 0 Å². The molecule has 1 fully saturated rings. The van der Waals surface area contributed by atoms with Crippen LogP contribution in [-0.2, 0) is 29.0 Å². The fraction of sp³-hybridized carbons (Fsp3) is 0.333. The highest BCUT2D eigenvalue weighted by atomic mass is 16.5. The third-order valence-electron chi connectivity index (χ3n) is 6.61. The summed E-state index contributed by atoms with van der Waals surface area (Å²) >= 11 is 0. The van der Waals surface area contributed by atoms with Crippen LogP contribution in [0.25, 0.3) is 11.4 Å². The van der Waals surface area contributed by atoms with Crippen molar-refractivity contribution in [1.82, 2.24) is 15.1 Å². The van der Waals surface area contributed by atoms with E-state index in [-0.39, 0.29) is 24.2 Å². The third kappa shape index (κ3) is 3.42. The molecule has 1 aromatic heterocycles. The van der Waals surface area contributed by atoms with Crippen LogP contribution in [0, 0.1) is 0 Å². The lowest BCUT2D eigenvalue weighted by Crippen LogP contribution is -2.39. The van der Waals surface area contributed by atoms with Gasteiger partial charge in [0.1, 0.15) is 18.0 Å². The van der Waals surface area contributed by atoms with Crippen molar-refractivity contribution in [1.29, 1.82) is 0 Å². The first kappa shape index (κ1) is 21.3. The van der Waals surface area contributed by atoms with Gasteiger partial charge in [-0.1, -0.05) is 16.4 Å². The van der Waals surface area contributed by atoms with Crippen LogP contribution < -0.4 is 14.4 Å². The van der Waals surface area contributed by atoms with Gasteiger partial charge in [-0.25, -0.2) is 4.90 Å². The number of ether oxygens (including phenoxy) is 2. The second-order valence-electron chi connectivity index (χ2n) is 8.59. The first-order valence-corrected chi connectivity index (χ1v) is 11.3. The van der Waals surface area contributed by atoms with Crippen molar-refractivity contribution < 1.29 is 23.6 Å². The van der Waals surface area contributed by atoms with Crippen LogP contribution in [0.15, 0.2) is 51.3 Å². The van der Waals surface area contributed by atoms with Crippen LogP contribution in [0.2, 0.25) is 0 Å². The van der Waals surface area contributed by atoms with Gasteiger partial charge in [-0.2, -0.15) is 10.1 Å². The van der Waals surface area contributed by atoms with Gasteiger partial charge in [0.05, 0.1) is 25.5 Å². The second-order valence-corrected chi connectivity index (χ2v) is 8.59. The lowest BCUT2D eigenvalue weighted by atomic mass is 10.1. The van der Waals surface area contributed by atoms with Gasteiger partial charge in [0.25, 0.3) is 11.8 Å². The van der Waals surface area contributed by atoms with Crippen molar-refractivity contribution in [3.63, 3.8) is 0 Å². The minimum atomic E-state index is -0.889. The Morgan fingerprint density at radius 2 is 1.89 bits per heavy atom. The number of carbonyl (C=O) groups is 2. The number of nitrogens with zero attached hydrogens (tertiary/aromatic N) is 6. The topological polar surface area (TPSA) is 123 Å². The van der Waals surface area contributed by atoms with E-state index in [0.717, 1.165) is 19.3 Å². The number of imide groups is 1. The van der Waals surface area contributed by atoms with Crippen molar-refractivity contribution in [2.45, 2.75) is 37.9 Å². The van der Waals surface area contributed by atoms with Gasteiger partial charge in [-0.3, -0.25) is 14.6 Å². The van der Waals surface area contributed by atoms with E-state index in [1.807, 2.05) is 18.2 Å². The number of rotatable bonds is 6. The van der Waals surface area contributed by atoms with Crippen molar-refractivity contribution >= 4 is 17.5 Å². The number of aromatic nitrogens is 2. The number of fused-ring (bicyclic) bond motifs is 2. The Bertz CT molecular complexity index is 1370. The molecule has 2 amide bonds. The highest BCUT2D eigenvalue weighted by molar-refractivity contribution is 6.25. The van der Waals surface area contributed by atoms with Crippen LogP contribution >= 0.6 is 0 Å². The summed E-state index contributed by atoms with van der Waals surface area (Å²) in [6.07, 6.45) is 3.07. The van der Waals surface area contributed by atoms with Gasteiger partial charge in [0.2, 0.25) is 11.7 Å². The van der Waals surface area contributed by atoms with Crippen LogP contribution in [0.3, 0.4) is 0 Å². The Labute approximate surface area is 200 Å². The molecule has 3 heterocycles. The molecule has 2 aromatic carbocycles. The van der Waals surface area contributed by atoms with Crippen LogP contribution in [0.1, 0.15) is 23.4 Å². The Kier molecular flexibility index (Phi) is 4.97. The molecule has 0 N–H and O–H groups in total. The smallest absolute Gasteiger partial charge is 0.263 e. The largest absolute Gasteiger partial charge is 0.497 e. The maximum absolute atomic E-state index is 13.3. The molecular formula is C24H22N6O5. The molecule has 1 saturated heterocycles. The molecule has 11 nitrogen and oxygen atoms in total. The number of methoxy groups -OCH3 is 2. The fourth-order valence-corrected chi connectivity index (χ4v) is 4.86. The Morgan fingerprint density at radius 1 is 1.03 bits per heavy atom. The maximum atomic E-state index is 13.3. The van der Waals surface area contributed by atoms with E-state index >= 15 is 0 Å². The van der Waals surface area contributed by atoms with E-state index in [4.69, 9.17) is 14.0 Å². The van der Waals surface area contributed by atoms with E-state index in [0.29, 0.717) is 28.6 Å². The zero-order chi connectivity index (χ0) is 24.1.